The van der Waals surface area contributed by atoms with E-state index in [-0.39, 0.29) is 0 Å². The van der Waals surface area contributed by atoms with Gasteiger partial charge in [-0.3, -0.25) is 0 Å². The highest BCUT2D eigenvalue weighted by atomic mass is 35.5. The van der Waals surface area contributed by atoms with Gasteiger partial charge in [-0.1, -0.05) is 25.4 Å². The molecule has 1 heterocycles. The standard InChI is InChI=1S/C12H22ClN3O/c1-4-6-9-16(10(3)5-2)12-15-14-11(17-12)7-8-13/h10H,4-9H2,1-3H3. The van der Waals surface area contributed by atoms with Crippen LogP contribution in [0.5, 0.6) is 0 Å². The molecular weight excluding hydrogens is 238 g/mol. The minimum absolute atomic E-state index is 0.422. The zero-order chi connectivity index (χ0) is 12.7. The lowest BCUT2D eigenvalue weighted by molar-refractivity contribution is 0.462. The van der Waals surface area contributed by atoms with Crippen LogP contribution in [0.15, 0.2) is 4.42 Å². The summed E-state index contributed by atoms with van der Waals surface area (Å²) in [6.07, 6.45) is 4.00. The van der Waals surface area contributed by atoms with E-state index in [9.17, 15) is 0 Å². The molecule has 1 atom stereocenters. The van der Waals surface area contributed by atoms with Gasteiger partial charge in [0.15, 0.2) is 0 Å². The molecule has 0 aliphatic heterocycles. The van der Waals surface area contributed by atoms with Gasteiger partial charge in [0.05, 0.1) is 0 Å². The molecule has 1 unspecified atom stereocenters. The molecule has 1 aromatic heterocycles. The third kappa shape index (κ3) is 4.19. The Morgan fingerprint density at radius 1 is 1.35 bits per heavy atom. The topological polar surface area (TPSA) is 42.2 Å². The maximum Gasteiger partial charge on any atom is 0.318 e. The molecule has 0 bridgehead atoms. The van der Waals surface area contributed by atoms with Crippen LogP contribution in [0.4, 0.5) is 6.01 Å². The fourth-order valence-corrected chi connectivity index (χ4v) is 1.76. The molecule has 0 N–H and O–H groups in total. The van der Waals surface area contributed by atoms with Gasteiger partial charge in [-0.25, -0.2) is 0 Å². The number of rotatable bonds is 8. The summed E-state index contributed by atoms with van der Waals surface area (Å²) in [6.45, 7) is 7.50. The van der Waals surface area contributed by atoms with E-state index in [1.165, 1.54) is 0 Å². The third-order valence-electron chi connectivity index (χ3n) is 2.89. The molecule has 1 aromatic rings. The van der Waals surface area contributed by atoms with Crippen molar-refractivity contribution in [3.63, 3.8) is 0 Å². The normalized spacial score (nSPS) is 12.7. The average Bonchev–Trinajstić information content (AvgIpc) is 2.78. The van der Waals surface area contributed by atoms with Crippen molar-refractivity contribution in [1.29, 1.82) is 0 Å². The number of aromatic nitrogens is 2. The first-order chi connectivity index (χ1) is 8.22. The number of halogens is 1. The Hall–Kier alpha value is -0.770. The summed E-state index contributed by atoms with van der Waals surface area (Å²) in [6, 6.07) is 1.05. The van der Waals surface area contributed by atoms with Gasteiger partial charge < -0.3 is 9.32 Å². The number of alkyl halides is 1. The fraction of sp³-hybridized carbons (Fsp3) is 0.833. The van der Waals surface area contributed by atoms with Crippen LogP contribution in [0.25, 0.3) is 0 Å². The van der Waals surface area contributed by atoms with Gasteiger partial charge in [-0.2, -0.15) is 0 Å². The summed E-state index contributed by atoms with van der Waals surface area (Å²) in [5.74, 6) is 1.14. The molecule has 17 heavy (non-hydrogen) atoms. The Labute approximate surface area is 108 Å². The molecule has 0 saturated heterocycles. The van der Waals surface area contributed by atoms with Gasteiger partial charge in [-0.15, -0.1) is 16.7 Å². The summed E-state index contributed by atoms with van der Waals surface area (Å²) >= 11 is 5.66. The van der Waals surface area contributed by atoms with E-state index in [0.717, 1.165) is 25.8 Å². The van der Waals surface area contributed by atoms with Crippen molar-refractivity contribution in [1.82, 2.24) is 10.2 Å². The summed E-state index contributed by atoms with van der Waals surface area (Å²) < 4.78 is 5.63. The number of aryl methyl sites for hydroxylation is 1. The Morgan fingerprint density at radius 3 is 2.71 bits per heavy atom. The van der Waals surface area contributed by atoms with Crippen LogP contribution in [-0.4, -0.2) is 28.7 Å². The van der Waals surface area contributed by atoms with Crippen molar-refractivity contribution in [2.24, 2.45) is 0 Å². The van der Waals surface area contributed by atoms with Crippen molar-refractivity contribution in [3.8, 4) is 0 Å². The number of hydrogen-bond donors (Lipinski definition) is 0. The maximum absolute atomic E-state index is 5.66. The van der Waals surface area contributed by atoms with Crippen LogP contribution in [0.2, 0.25) is 0 Å². The van der Waals surface area contributed by atoms with Gasteiger partial charge in [0.25, 0.3) is 0 Å². The molecule has 98 valence electrons. The Balaban J connectivity index is 2.72. The van der Waals surface area contributed by atoms with E-state index in [4.69, 9.17) is 16.0 Å². The molecule has 0 amide bonds. The molecule has 0 aromatic carbocycles. The van der Waals surface area contributed by atoms with Gasteiger partial charge in [0.2, 0.25) is 5.89 Å². The van der Waals surface area contributed by atoms with Crippen LogP contribution < -0.4 is 4.90 Å². The number of unbranched alkanes of at least 4 members (excludes halogenated alkanes) is 1. The van der Waals surface area contributed by atoms with Crippen molar-refractivity contribution >= 4 is 17.6 Å². The fourth-order valence-electron chi connectivity index (χ4n) is 1.60. The zero-order valence-electron chi connectivity index (χ0n) is 10.9. The smallest absolute Gasteiger partial charge is 0.318 e. The summed E-state index contributed by atoms with van der Waals surface area (Å²) in [5.41, 5.74) is 0. The van der Waals surface area contributed by atoms with Gasteiger partial charge in [0.1, 0.15) is 0 Å². The van der Waals surface area contributed by atoms with Crippen LogP contribution in [0.1, 0.15) is 45.9 Å². The minimum Gasteiger partial charge on any atom is -0.408 e. The highest BCUT2D eigenvalue weighted by molar-refractivity contribution is 6.17. The van der Waals surface area contributed by atoms with Crippen molar-refractivity contribution in [2.45, 2.75) is 52.5 Å². The molecule has 0 radical (unpaired) electrons. The van der Waals surface area contributed by atoms with Crippen LogP contribution in [0, 0.1) is 0 Å². The monoisotopic (exact) mass is 259 g/mol. The molecule has 0 spiro atoms. The largest absolute Gasteiger partial charge is 0.408 e. The van der Waals surface area contributed by atoms with Crippen molar-refractivity contribution in [3.05, 3.63) is 5.89 Å². The number of hydrogen-bond acceptors (Lipinski definition) is 4. The van der Waals surface area contributed by atoms with Crippen LogP contribution >= 0.6 is 11.6 Å². The molecule has 0 fully saturated rings. The van der Waals surface area contributed by atoms with E-state index in [2.05, 4.69) is 35.9 Å². The zero-order valence-corrected chi connectivity index (χ0v) is 11.7. The summed E-state index contributed by atoms with van der Waals surface area (Å²) in [5, 5.41) is 8.12. The first-order valence-corrected chi connectivity index (χ1v) is 6.91. The molecule has 1 rings (SSSR count). The van der Waals surface area contributed by atoms with Crippen molar-refractivity contribution < 1.29 is 4.42 Å². The molecule has 0 aliphatic carbocycles. The second-order valence-corrected chi connectivity index (χ2v) is 4.60. The predicted octanol–water partition coefficient (Wildman–Crippen LogP) is 3.26. The SMILES string of the molecule is CCCCN(c1nnc(CCCl)o1)C(C)CC. The first-order valence-electron chi connectivity index (χ1n) is 6.37. The van der Waals surface area contributed by atoms with E-state index in [1.807, 2.05) is 0 Å². The lowest BCUT2D eigenvalue weighted by Gasteiger charge is -2.26. The minimum atomic E-state index is 0.422. The highest BCUT2D eigenvalue weighted by Gasteiger charge is 2.18. The molecule has 0 saturated carbocycles. The Bertz CT molecular complexity index is 316. The van der Waals surface area contributed by atoms with Gasteiger partial charge in [0, 0.05) is 24.9 Å². The average molecular weight is 260 g/mol. The quantitative estimate of drug-likeness (QED) is 0.672. The Morgan fingerprint density at radius 2 is 2.12 bits per heavy atom. The second-order valence-electron chi connectivity index (χ2n) is 4.22. The highest BCUT2D eigenvalue weighted by Crippen LogP contribution is 2.18. The van der Waals surface area contributed by atoms with E-state index in [0.29, 0.717) is 30.2 Å². The van der Waals surface area contributed by atoms with Gasteiger partial charge >= 0.3 is 6.01 Å². The van der Waals surface area contributed by atoms with Gasteiger partial charge in [-0.05, 0) is 19.8 Å². The van der Waals surface area contributed by atoms with E-state index < -0.39 is 0 Å². The van der Waals surface area contributed by atoms with E-state index >= 15 is 0 Å². The molecule has 5 heteroatoms. The second kappa shape index (κ2) is 7.54. The number of nitrogens with zero attached hydrogens (tertiary/aromatic N) is 3. The molecular formula is C12H22ClN3O. The third-order valence-corrected chi connectivity index (χ3v) is 3.07. The first kappa shape index (κ1) is 14.3. The van der Waals surface area contributed by atoms with E-state index in [1.54, 1.807) is 0 Å². The molecule has 4 nitrogen and oxygen atoms in total. The maximum atomic E-state index is 5.66. The van der Waals surface area contributed by atoms with Crippen LogP contribution in [0.3, 0.4) is 0 Å². The lowest BCUT2D eigenvalue weighted by atomic mass is 10.2. The van der Waals surface area contributed by atoms with Crippen molar-refractivity contribution in [2.75, 3.05) is 17.3 Å². The Kier molecular flexibility index (Phi) is 6.34. The summed E-state index contributed by atoms with van der Waals surface area (Å²) in [7, 11) is 0. The number of anilines is 1. The van der Waals surface area contributed by atoms with Crippen LogP contribution in [-0.2, 0) is 6.42 Å². The predicted molar refractivity (Wildman–Crippen MR) is 70.7 cm³/mol. The molecule has 0 aliphatic rings. The lowest BCUT2D eigenvalue weighted by Crippen LogP contribution is -2.33. The summed E-state index contributed by atoms with van der Waals surface area (Å²) in [4.78, 5) is 2.19.